The first-order chi connectivity index (χ1) is 16.9. The second-order valence-electron chi connectivity index (χ2n) is 8.47. The van der Waals surface area contributed by atoms with Crippen LogP contribution < -0.4 is 15.8 Å². The minimum atomic E-state index is 0.0273. The smallest absolute Gasteiger partial charge is 0.150 e. The Balaban J connectivity index is 0.000000691. The molecule has 0 spiro atoms. The summed E-state index contributed by atoms with van der Waals surface area (Å²) in [6, 6.07) is 11.2. The lowest BCUT2D eigenvalue weighted by Gasteiger charge is -2.24. The van der Waals surface area contributed by atoms with Crippen LogP contribution in [0.2, 0.25) is 5.02 Å². The molecule has 196 valence electrons. The maximum absolute atomic E-state index is 10.8. The van der Waals surface area contributed by atoms with Gasteiger partial charge in [-0.15, -0.1) is 0 Å². The summed E-state index contributed by atoms with van der Waals surface area (Å²) < 4.78 is 5.38. The van der Waals surface area contributed by atoms with E-state index < -0.39 is 0 Å². The third kappa shape index (κ3) is 11.7. The number of hydrogen-bond donors (Lipinski definition) is 3. The van der Waals surface area contributed by atoms with E-state index in [0.29, 0.717) is 16.5 Å². The molecule has 0 bridgehead atoms. The van der Waals surface area contributed by atoms with E-state index in [4.69, 9.17) is 21.4 Å². The molecule has 0 aromatic heterocycles. The van der Waals surface area contributed by atoms with Crippen LogP contribution in [0.4, 0.5) is 5.69 Å². The van der Waals surface area contributed by atoms with Gasteiger partial charge in [-0.1, -0.05) is 31.4 Å². The Kier molecular flexibility index (Phi) is 17.6. The number of aldehydes is 2. The second kappa shape index (κ2) is 18.9. The SMILES string of the molecule is CC1CCC(CC=O)CC1.CN.CO.COc1ccc(Cl)cc1[C@H](C)Nc1ccc(C=O)cc1C. The van der Waals surface area contributed by atoms with Gasteiger partial charge >= 0.3 is 0 Å². The number of nitrogens with two attached hydrogens (primary N) is 1. The first-order valence-electron chi connectivity index (χ1n) is 12.0. The van der Waals surface area contributed by atoms with E-state index in [1.807, 2.05) is 38.1 Å². The van der Waals surface area contributed by atoms with Crippen molar-refractivity contribution < 1.29 is 19.4 Å². The summed E-state index contributed by atoms with van der Waals surface area (Å²) in [7, 11) is 4.14. The van der Waals surface area contributed by atoms with E-state index in [1.165, 1.54) is 32.7 Å². The quantitative estimate of drug-likeness (QED) is 0.385. The lowest BCUT2D eigenvalue weighted by molar-refractivity contribution is -0.108. The molecule has 1 saturated carbocycles. The second-order valence-corrected chi connectivity index (χ2v) is 8.91. The van der Waals surface area contributed by atoms with Crippen LogP contribution in [0.25, 0.3) is 0 Å². The Morgan fingerprint density at radius 3 is 2.26 bits per heavy atom. The zero-order chi connectivity index (χ0) is 26.8. The highest BCUT2D eigenvalue weighted by molar-refractivity contribution is 6.30. The van der Waals surface area contributed by atoms with Gasteiger partial charge < -0.3 is 25.7 Å². The van der Waals surface area contributed by atoms with Gasteiger partial charge in [-0.25, -0.2) is 0 Å². The number of nitrogens with one attached hydrogen (secondary N) is 1. The van der Waals surface area contributed by atoms with Crippen molar-refractivity contribution in [3.05, 3.63) is 58.1 Å². The minimum absolute atomic E-state index is 0.0273. The predicted octanol–water partition coefficient (Wildman–Crippen LogP) is 6.23. The van der Waals surface area contributed by atoms with E-state index >= 15 is 0 Å². The molecule has 0 heterocycles. The fourth-order valence-electron chi connectivity index (χ4n) is 3.98. The number of methoxy groups -OCH3 is 1. The maximum Gasteiger partial charge on any atom is 0.150 e. The number of rotatable bonds is 7. The number of benzene rings is 2. The monoisotopic (exact) mass is 506 g/mol. The number of aryl methyl sites for hydroxylation is 1. The van der Waals surface area contributed by atoms with Gasteiger partial charge in [0.2, 0.25) is 0 Å². The predicted molar refractivity (Wildman–Crippen MR) is 147 cm³/mol. The van der Waals surface area contributed by atoms with Crippen molar-refractivity contribution in [2.45, 2.75) is 58.9 Å². The van der Waals surface area contributed by atoms with Gasteiger partial charge in [0.1, 0.15) is 18.3 Å². The van der Waals surface area contributed by atoms with E-state index in [2.05, 4.69) is 18.0 Å². The maximum atomic E-state index is 10.8. The van der Waals surface area contributed by atoms with Gasteiger partial charge in [-0.2, -0.15) is 0 Å². The van der Waals surface area contributed by atoms with Gasteiger partial charge in [0, 0.05) is 35.4 Å². The van der Waals surface area contributed by atoms with Crippen LogP contribution in [0.1, 0.15) is 73.5 Å². The molecule has 6 nitrogen and oxygen atoms in total. The van der Waals surface area contributed by atoms with Crippen LogP contribution in [-0.4, -0.2) is 38.9 Å². The van der Waals surface area contributed by atoms with E-state index in [1.54, 1.807) is 19.2 Å². The number of anilines is 1. The molecule has 0 amide bonds. The number of halogens is 1. The fourth-order valence-corrected chi connectivity index (χ4v) is 4.16. The van der Waals surface area contributed by atoms with Gasteiger partial charge in [0.05, 0.1) is 13.2 Å². The van der Waals surface area contributed by atoms with E-state index in [0.717, 1.165) is 54.6 Å². The molecular formula is C28H43ClN2O4. The van der Waals surface area contributed by atoms with E-state index in [-0.39, 0.29) is 6.04 Å². The molecule has 0 saturated heterocycles. The third-order valence-corrected chi connectivity index (χ3v) is 6.22. The number of aliphatic hydroxyl groups is 1. The highest BCUT2D eigenvalue weighted by Gasteiger charge is 2.17. The van der Waals surface area contributed by atoms with Crippen LogP contribution in [-0.2, 0) is 4.79 Å². The minimum Gasteiger partial charge on any atom is -0.496 e. The number of hydrogen-bond acceptors (Lipinski definition) is 6. The molecule has 2 aromatic rings. The van der Waals surface area contributed by atoms with Crippen molar-refractivity contribution in [3.63, 3.8) is 0 Å². The lowest BCUT2D eigenvalue weighted by atomic mass is 9.82. The largest absolute Gasteiger partial charge is 0.496 e. The summed E-state index contributed by atoms with van der Waals surface area (Å²) in [4.78, 5) is 20.9. The zero-order valence-electron chi connectivity index (χ0n) is 22.0. The first kappa shape index (κ1) is 32.6. The van der Waals surface area contributed by atoms with Crippen LogP contribution in [0.5, 0.6) is 5.75 Å². The molecule has 7 heteroatoms. The number of carbonyl (C=O) groups excluding carboxylic acids is 2. The number of carbonyl (C=O) groups is 2. The zero-order valence-corrected chi connectivity index (χ0v) is 22.8. The summed E-state index contributed by atoms with van der Waals surface area (Å²) in [5.74, 6) is 2.41. The Morgan fingerprint density at radius 1 is 1.11 bits per heavy atom. The molecule has 4 N–H and O–H groups in total. The van der Waals surface area contributed by atoms with Crippen LogP contribution in [0.3, 0.4) is 0 Å². The average molecular weight is 507 g/mol. The topological polar surface area (TPSA) is 102 Å². The molecule has 1 atom stereocenters. The lowest BCUT2D eigenvalue weighted by Crippen LogP contribution is -2.12. The van der Waals surface area contributed by atoms with Crippen molar-refractivity contribution in [3.8, 4) is 5.75 Å². The molecule has 2 aromatic carbocycles. The molecular weight excluding hydrogens is 464 g/mol. The molecule has 1 fully saturated rings. The van der Waals surface area contributed by atoms with Crippen molar-refractivity contribution in [1.82, 2.24) is 0 Å². The van der Waals surface area contributed by atoms with Crippen molar-refractivity contribution in [2.75, 3.05) is 26.6 Å². The summed E-state index contributed by atoms with van der Waals surface area (Å²) in [5.41, 5.74) is 8.16. The van der Waals surface area contributed by atoms with Gasteiger partial charge in [-0.3, -0.25) is 4.79 Å². The summed E-state index contributed by atoms with van der Waals surface area (Å²) >= 11 is 6.07. The van der Waals surface area contributed by atoms with Crippen molar-refractivity contribution in [1.29, 1.82) is 0 Å². The van der Waals surface area contributed by atoms with Crippen LogP contribution in [0.15, 0.2) is 36.4 Å². The molecule has 0 radical (unpaired) electrons. The first-order valence-corrected chi connectivity index (χ1v) is 12.4. The Morgan fingerprint density at radius 2 is 1.74 bits per heavy atom. The van der Waals surface area contributed by atoms with Crippen LogP contribution in [0, 0.1) is 18.8 Å². The van der Waals surface area contributed by atoms with Gasteiger partial charge in [0.15, 0.2) is 0 Å². The van der Waals surface area contributed by atoms with Crippen LogP contribution >= 0.6 is 11.6 Å². The molecule has 1 aliphatic rings. The summed E-state index contributed by atoms with van der Waals surface area (Å²) in [6.07, 6.45) is 7.93. The average Bonchev–Trinajstić information content (AvgIpc) is 2.89. The van der Waals surface area contributed by atoms with Crippen molar-refractivity contribution in [2.24, 2.45) is 17.6 Å². The Bertz CT molecular complexity index is 868. The normalized spacial score (nSPS) is 17.1. The molecule has 35 heavy (non-hydrogen) atoms. The highest BCUT2D eigenvalue weighted by Crippen LogP contribution is 2.31. The third-order valence-electron chi connectivity index (χ3n) is 5.98. The Labute approximate surface area is 216 Å². The van der Waals surface area contributed by atoms with Gasteiger partial charge in [0.25, 0.3) is 0 Å². The highest BCUT2D eigenvalue weighted by atomic mass is 35.5. The summed E-state index contributed by atoms with van der Waals surface area (Å²) in [5, 5.41) is 11.1. The number of ether oxygens (including phenoxy) is 1. The molecule has 0 unspecified atom stereocenters. The summed E-state index contributed by atoms with van der Waals surface area (Å²) in [6.45, 7) is 6.32. The fraction of sp³-hybridized carbons (Fsp3) is 0.500. The molecule has 0 aliphatic heterocycles. The molecule has 1 aliphatic carbocycles. The van der Waals surface area contributed by atoms with Gasteiger partial charge in [-0.05, 0) is 87.5 Å². The van der Waals surface area contributed by atoms with Crippen molar-refractivity contribution >= 4 is 29.9 Å². The standard InChI is InChI=1S/C17H18ClNO2.C9H16O.CH5N.CH4O/c1-11-8-13(10-20)4-6-16(11)19-12(2)15-9-14(18)5-7-17(15)21-3;1-8-2-4-9(5-3-8)6-7-10;2*1-2/h4-10,12,19H,1-3H3;7-9H,2-6H2,1H3;2H2,1H3;2H,1H3/t12-;;;/m0.../s1. The number of aliphatic hydroxyl groups excluding tert-OH is 1. The van der Waals surface area contributed by atoms with E-state index in [9.17, 15) is 9.59 Å². The Hall–Kier alpha value is -2.41. The molecule has 3 rings (SSSR count).